The third-order valence-corrected chi connectivity index (χ3v) is 3.72. The highest BCUT2D eigenvalue weighted by atomic mass is 19.4. The number of para-hydroxylation sites is 2. The van der Waals surface area contributed by atoms with Crippen molar-refractivity contribution < 1.29 is 27.6 Å². The molecule has 1 rings (SSSR count). The number of carbonyl (C=O) groups is 1. The Bertz CT molecular complexity index is 836. The van der Waals surface area contributed by atoms with E-state index in [4.69, 9.17) is 4.74 Å². The number of aliphatic imine (C=N–C) groups is 1. The van der Waals surface area contributed by atoms with E-state index in [1.165, 1.54) is 52.8 Å². The zero-order valence-electron chi connectivity index (χ0n) is 16.0. The summed E-state index contributed by atoms with van der Waals surface area (Å²) in [5.41, 5.74) is -7.05. The molecule has 10 heteroatoms. The Hall–Kier alpha value is -2.96. The molecule has 0 spiro atoms. The number of halogens is 3. The number of ether oxygens (including phenoxy) is 1. The van der Waals surface area contributed by atoms with E-state index in [9.17, 15) is 33.3 Å². The number of carbonyl (C=O) groups excluding carboxylic acids is 1. The van der Waals surface area contributed by atoms with E-state index in [0.717, 1.165) is 12.1 Å². The standard InChI is InChI=1S/C18H20F3N3O4/c1-11(2)17(10-22,15(25)28-16(3,4)5)14(18(19,20)21)23-12-8-6-7-9-13(12)24(26)27/h6-9,11H,1-5H3/t17-/m0/s1. The summed E-state index contributed by atoms with van der Waals surface area (Å²) >= 11 is 0. The molecule has 0 N–H and O–H groups in total. The lowest BCUT2D eigenvalue weighted by molar-refractivity contribution is -0.384. The summed E-state index contributed by atoms with van der Waals surface area (Å²) in [6.07, 6.45) is -5.22. The molecule has 0 aliphatic heterocycles. The monoisotopic (exact) mass is 399 g/mol. The number of esters is 1. The summed E-state index contributed by atoms with van der Waals surface area (Å²) in [4.78, 5) is 26.3. The van der Waals surface area contributed by atoms with Crippen molar-refractivity contribution in [2.24, 2.45) is 16.3 Å². The second-order valence-electron chi connectivity index (χ2n) is 7.28. The van der Waals surface area contributed by atoms with Gasteiger partial charge >= 0.3 is 12.1 Å². The van der Waals surface area contributed by atoms with Crippen LogP contribution in [0.3, 0.4) is 0 Å². The lowest BCUT2D eigenvalue weighted by atomic mass is 9.73. The largest absolute Gasteiger partial charge is 0.458 e. The van der Waals surface area contributed by atoms with E-state index in [1.54, 1.807) is 0 Å². The van der Waals surface area contributed by atoms with Crippen molar-refractivity contribution in [3.63, 3.8) is 0 Å². The highest BCUT2D eigenvalue weighted by molar-refractivity contribution is 6.13. The van der Waals surface area contributed by atoms with Crippen molar-refractivity contribution >= 4 is 23.1 Å². The van der Waals surface area contributed by atoms with Crippen molar-refractivity contribution in [2.45, 2.75) is 46.4 Å². The topological polar surface area (TPSA) is 106 Å². The quantitative estimate of drug-likeness (QED) is 0.308. The lowest BCUT2D eigenvalue weighted by Crippen LogP contribution is -2.51. The van der Waals surface area contributed by atoms with Crippen molar-refractivity contribution in [1.29, 1.82) is 5.26 Å². The van der Waals surface area contributed by atoms with Gasteiger partial charge in [-0.25, -0.2) is 9.79 Å². The molecule has 0 aliphatic carbocycles. The molecule has 1 atom stereocenters. The number of nitro groups is 1. The van der Waals surface area contributed by atoms with Gasteiger partial charge in [-0.1, -0.05) is 26.0 Å². The van der Waals surface area contributed by atoms with Gasteiger partial charge in [-0.3, -0.25) is 10.1 Å². The van der Waals surface area contributed by atoms with Crippen LogP contribution in [0, 0.1) is 32.8 Å². The first-order valence-electron chi connectivity index (χ1n) is 8.21. The van der Waals surface area contributed by atoms with Crippen LogP contribution in [0.2, 0.25) is 0 Å². The average molecular weight is 399 g/mol. The van der Waals surface area contributed by atoms with E-state index in [1.807, 2.05) is 0 Å². The maximum Gasteiger partial charge on any atom is 0.431 e. The summed E-state index contributed by atoms with van der Waals surface area (Å²) < 4.78 is 46.8. The molecular weight excluding hydrogens is 379 g/mol. The molecule has 1 aromatic rings. The van der Waals surface area contributed by atoms with Gasteiger partial charge in [0.2, 0.25) is 5.41 Å². The Kier molecular flexibility index (Phi) is 6.56. The minimum absolute atomic E-state index is 0.622. The maximum atomic E-state index is 13.9. The van der Waals surface area contributed by atoms with Crippen LogP contribution >= 0.6 is 0 Å². The molecule has 0 heterocycles. The van der Waals surface area contributed by atoms with Gasteiger partial charge in [0.25, 0.3) is 5.69 Å². The molecule has 0 aliphatic rings. The summed E-state index contributed by atoms with van der Waals surface area (Å²) in [5.74, 6) is -2.61. The number of hydrogen-bond acceptors (Lipinski definition) is 6. The molecule has 0 aromatic heterocycles. The number of alkyl halides is 3. The van der Waals surface area contributed by atoms with Crippen molar-refractivity contribution in [3.05, 3.63) is 34.4 Å². The average Bonchev–Trinajstić information content (AvgIpc) is 2.52. The molecule has 0 saturated carbocycles. The fourth-order valence-corrected chi connectivity index (χ4v) is 2.40. The summed E-state index contributed by atoms with van der Waals surface area (Å²) in [6, 6.07) is 5.92. The van der Waals surface area contributed by atoms with E-state index in [-0.39, 0.29) is 0 Å². The van der Waals surface area contributed by atoms with Crippen LogP contribution in [0.25, 0.3) is 0 Å². The number of benzene rings is 1. The Balaban J connectivity index is 3.85. The molecule has 1 aromatic carbocycles. The van der Waals surface area contributed by atoms with Crippen molar-refractivity contribution in [3.8, 4) is 6.07 Å². The van der Waals surface area contributed by atoms with E-state index < -0.39 is 51.1 Å². The summed E-state index contributed by atoms with van der Waals surface area (Å²) in [7, 11) is 0. The number of rotatable bonds is 5. The molecule has 0 fully saturated rings. The maximum absolute atomic E-state index is 13.9. The Morgan fingerprint density at radius 2 is 1.79 bits per heavy atom. The molecule has 28 heavy (non-hydrogen) atoms. The van der Waals surface area contributed by atoms with Gasteiger partial charge in [-0.2, -0.15) is 18.4 Å². The van der Waals surface area contributed by atoms with Gasteiger partial charge in [-0.15, -0.1) is 0 Å². The summed E-state index contributed by atoms with van der Waals surface area (Å²) in [6.45, 7) is 6.82. The number of hydrogen-bond donors (Lipinski definition) is 0. The van der Waals surface area contributed by atoms with Gasteiger partial charge in [0.05, 0.1) is 11.0 Å². The molecular formula is C18H20F3N3O4. The van der Waals surface area contributed by atoms with Crippen molar-refractivity contribution in [1.82, 2.24) is 0 Å². The molecule has 7 nitrogen and oxygen atoms in total. The normalized spacial score (nSPS) is 14.9. The van der Waals surface area contributed by atoms with E-state index in [0.29, 0.717) is 0 Å². The van der Waals surface area contributed by atoms with Crippen LogP contribution in [0.15, 0.2) is 29.3 Å². The lowest BCUT2D eigenvalue weighted by Gasteiger charge is -2.33. The first-order chi connectivity index (χ1) is 12.7. The van der Waals surface area contributed by atoms with Crippen LogP contribution in [-0.2, 0) is 9.53 Å². The first-order valence-corrected chi connectivity index (χ1v) is 8.21. The highest BCUT2D eigenvalue weighted by Gasteiger charge is 2.59. The minimum atomic E-state index is -5.22. The predicted molar refractivity (Wildman–Crippen MR) is 95.0 cm³/mol. The van der Waals surface area contributed by atoms with Crippen LogP contribution in [0.1, 0.15) is 34.6 Å². The predicted octanol–water partition coefficient (Wildman–Crippen LogP) is 4.74. The van der Waals surface area contributed by atoms with Gasteiger partial charge < -0.3 is 4.74 Å². The van der Waals surface area contributed by atoms with Crippen LogP contribution in [0.4, 0.5) is 24.5 Å². The van der Waals surface area contributed by atoms with Crippen LogP contribution < -0.4 is 0 Å². The molecule has 0 amide bonds. The van der Waals surface area contributed by atoms with E-state index >= 15 is 0 Å². The fraction of sp³-hybridized carbons (Fsp3) is 0.500. The van der Waals surface area contributed by atoms with Gasteiger partial charge in [0.15, 0.2) is 5.71 Å². The van der Waals surface area contributed by atoms with Gasteiger partial charge in [0.1, 0.15) is 11.3 Å². The van der Waals surface area contributed by atoms with Crippen LogP contribution in [-0.4, -0.2) is 28.4 Å². The highest BCUT2D eigenvalue weighted by Crippen LogP contribution is 2.41. The third kappa shape index (κ3) is 4.85. The number of nitriles is 1. The molecule has 0 unspecified atom stereocenters. The first kappa shape index (κ1) is 23.1. The smallest absolute Gasteiger partial charge is 0.431 e. The third-order valence-electron chi connectivity index (χ3n) is 3.72. The molecule has 152 valence electrons. The van der Waals surface area contributed by atoms with Gasteiger partial charge in [-0.05, 0) is 32.8 Å². The second kappa shape index (κ2) is 7.96. The number of nitrogens with zero attached hydrogens (tertiary/aromatic N) is 3. The number of nitro benzene ring substituents is 1. The van der Waals surface area contributed by atoms with Crippen molar-refractivity contribution in [2.75, 3.05) is 0 Å². The van der Waals surface area contributed by atoms with Gasteiger partial charge in [0, 0.05) is 6.07 Å². The fourth-order valence-electron chi connectivity index (χ4n) is 2.40. The Morgan fingerprint density at radius 1 is 1.25 bits per heavy atom. The molecule has 0 bridgehead atoms. The Labute approximate surface area is 160 Å². The molecule has 0 radical (unpaired) electrons. The second-order valence-corrected chi connectivity index (χ2v) is 7.28. The van der Waals surface area contributed by atoms with E-state index in [2.05, 4.69) is 4.99 Å². The zero-order valence-corrected chi connectivity index (χ0v) is 16.0. The summed E-state index contributed by atoms with van der Waals surface area (Å²) in [5, 5.41) is 20.8. The minimum Gasteiger partial charge on any atom is -0.458 e. The molecule has 0 saturated heterocycles. The SMILES string of the molecule is CC(C)[C@](C#N)(C(=O)OC(C)(C)C)C(=Nc1ccccc1[N+](=O)[O-])C(F)(F)F. The zero-order chi connectivity index (χ0) is 21.9. The Morgan fingerprint density at radius 3 is 2.18 bits per heavy atom. The van der Waals surface area contributed by atoms with Crippen LogP contribution in [0.5, 0.6) is 0 Å².